The number of aliphatic hydroxyl groups is 1. The van der Waals surface area contributed by atoms with Gasteiger partial charge >= 0.3 is 0 Å². The van der Waals surface area contributed by atoms with E-state index < -0.39 is 29.4 Å². The predicted molar refractivity (Wildman–Crippen MR) is 184 cm³/mol. The van der Waals surface area contributed by atoms with Crippen molar-refractivity contribution < 1.29 is 49.0 Å². The Hall–Kier alpha value is -3.01. The van der Waals surface area contributed by atoms with E-state index >= 15 is 0 Å². The van der Waals surface area contributed by atoms with E-state index in [1.807, 2.05) is 32.0 Å². The fourth-order valence-electron chi connectivity index (χ4n) is 5.32. The van der Waals surface area contributed by atoms with Crippen LogP contribution in [0.5, 0.6) is 11.5 Å². The molecule has 0 aliphatic heterocycles. The maximum atomic E-state index is 13.3. The molecule has 14 heteroatoms. The summed E-state index contributed by atoms with van der Waals surface area (Å²) in [6.45, 7) is 12.4. The van der Waals surface area contributed by atoms with Crippen LogP contribution in [0.15, 0.2) is 18.2 Å². The summed E-state index contributed by atoms with van der Waals surface area (Å²) in [6, 6.07) is 5.14. The highest BCUT2D eigenvalue weighted by molar-refractivity contribution is 5.83. The molecule has 0 saturated carbocycles. The van der Waals surface area contributed by atoms with Crippen molar-refractivity contribution in [1.29, 1.82) is 0 Å². The number of unbranched alkanes of at least 4 members (excludes halogenated alkanes) is 1. The molecule has 0 bridgehead atoms. The predicted octanol–water partition coefficient (Wildman–Crippen LogP) is 3.63. The Kier molecular flexibility index (Phi) is 20.3. The summed E-state index contributed by atoms with van der Waals surface area (Å²) in [5.74, 6) is -0.375. The molecule has 0 aromatic heterocycles. The van der Waals surface area contributed by atoms with E-state index in [1.54, 1.807) is 28.1 Å². The number of nitrogens with zero attached hydrogens (tertiary/aromatic N) is 1. The van der Waals surface area contributed by atoms with Crippen LogP contribution in [0, 0.1) is 29.1 Å². The molecule has 0 radical (unpaired) electrons. The third kappa shape index (κ3) is 17.0. The van der Waals surface area contributed by atoms with Gasteiger partial charge in [0.25, 0.3) is 0 Å². The molecule has 0 heterocycles. The molecule has 0 aliphatic rings. The zero-order valence-corrected chi connectivity index (χ0v) is 30.7. The Bertz CT molecular complexity index is 1130. The first kappa shape index (κ1) is 44.0. The summed E-state index contributed by atoms with van der Waals surface area (Å²) in [5, 5.41) is 34.6. The van der Waals surface area contributed by atoms with E-state index in [0.29, 0.717) is 50.4 Å². The minimum absolute atomic E-state index is 0.0133. The number of rotatable bonds is 26. The van der Waals surface area contributed by atoms with Gasteiger partial charge in [-0.2, -0.15) is 0 Å². The Morgan fingerprint density at radius 3 is 2.20 bits per heavy atom. The highest BCUT2D eigenvalue weighted by Crippen LogP contribution is 2.32. The van der Waals surface area contributed by atoms with E-state index in [1.165, 1.54) is 0 Å². The number of amides is 3. The molecule has 14 nitrogen and oxygen atoms in total. The average Bonchev–Trinajstić information content (AvgIpc) is 3.03. The maximum Gasteiger partial charge on any atom is 0.224 e. The van der Waals surface area contributed by atoms with E-state index in [4.69, 9.17) is 30.4 Å². The van der Waals surface area contributed by atoms with Gasteiger partial charge in [0, 0.05) is 39.0 Å². The lowest BCUT2D eigenvalue weighted by molar-refractivity contribution is -0.492. The number of aliphatic hydroxyl groups excluding tert-OH is 1. The molecule has 0 spiro atoms. The average molecular weight is 699 g/mol. The largest absolute Gasteiger partial charge is 0.493 e. The van der Waals surface area contributed by atoms with Crippen molar-refractivity contribution in [2.24, 2.45) is 34.8 Å². The number of ether oxygens (including phenoxy) is 3. The van der Waals surface area contributed by atoms with Crippen molar-refractivity contribution >= 4 is 17.7 Å². The van der Waals surface area contributed by atoms with E-state index in [2.05, 4.69) is 29.3 Å². The van der Waals surface area contributed by atoms with Crippen LogP contribution in [0.3, 0.4) is 0 Å². The first-order valence-corrected chi connectivity index (χ1v) is 17.2. The smallest absolute Gasteiger partial charge is 0.224 e. The Balaban J connectivity index is 3.22. The molecule has 3 amide bonds. The molecule has 4 unspecified atom stereocenters. The van der Waals surface area contributed by atoms with Crippen LogP contribution in [0.1, 0.15) is 85.6 Å². The maximum absolute atomic E-state index is 13.3. The third-order valence-corrected chi connectivity index (χ3v) is 8.80. The fourth-order valence-corrected chi connectivity index (χ4v) is 5.32. The van der Waals surface area contributed by atoms with Crippen molar-refractivity contribution in [3.8, 4) is 11.5 Å². The first-order valence-electron chi connectivity index (χ1n) is 17.2. The summed E-state index contributed by atoms with van der Waals surface area (Å²) >= 11 is 0. The minimum Gasteiger partial charge on any atom is -0.493 e. The molecule has 7 N–H and O–H groups in total. The third-order valence-electron chi connectivity index (χ3n) is 8.80. The zero-order valence-electron chi connectivity index (χ0n) is 30.7. The fraction of sp³-hybridized carbons (Fsp3) is 0.743. The summed E-state index contributed by atoms with van der Waals surface area (Å²) in [4.78, 5) is 42.8. The minimum atomic E-state index is -1.05. The normalized spacial score (nSPS) is 14.4. The van der Waals surface area contributed by atoms with Crippen molar-refractivity contribution in [2.45, 2.75) is 98.6 Å². The van der Waals surface area contributed by atoms with Gasteiger partial charge in [0.1, 0.15) is 0 Å². The van der Waals surface area contributed by atoms with Crippen molar-refractivity contribution in [3.05, 3.63) is 23.8 Å². The highest BCUT2D eigenvalue weighted by Gasteiger charge is 2.33. The van der Waals surface area contributed by atoms with Crippen LogP contribution in [-0.2, 0) is 30.4 Å². The highest BCUT2D eigenvalue weighted by atomic mass is 17.1. The summed E-state index contributed by atoms with van der Waals surface area (Å²) in [5.41, 5.74) is 5.56. The van der Waals surface area contributed by atoms with Crippen molar-refractivity contribution in [2.75, 3.05) is 40.6 Å². The SMILES string of the molecule is COCCCOc1cc(CC(CC(NC(=O)CCCCON(O)O)C(O)CC(C(=O)NCC(C)(C)C(N)=O)C(C)C)C(C)C)ccc1OC. The molecule has 49 heavy (non-hydrogen) atoms. The second-order valence-electron chi connectivity index (χ2n) is 14.0. The molecule has 4 atom stereocenters. The summed E-state index contributed by atoms with van der Waals surface area (Å²) < 4.78 is 16.6. The van der Waals surface area contributed by atoms with E-state index in [9.17, 15) is 19.5 Å². The molecular formula is C35H62N4O10. The number of nitrogens with two attached hydrogens (primary N) is 1. The number of hydrogen-bond acceptors (Lipinski definition) is 11. The van der Waals surface area contributed by atoms with Gasteiger partial charge in [-0.1, -0.05) is 33.8 Å². The monoisotopic (exact) mass is 698 g/mol. The molecule has 282 valence electrons. The lowest BCUT2D eigenvalue weighted by Crippen LogP contribution is -2.48. The Morgan fingerprint density at radius 1 is 0.939 bits per heavy atom. The second-order valence-corrected chi connectivity index (χ2v) is 14.0. The molecule has 0 saturated heterocycles. The number of hydrogen-bond donors (Lipinski definition) is 6. The van der Waals surface area contributed by atoms with Crippen LogP contribution >= 0.6 is 0 Å². The number of benzene rings is 1. The molecule has 1 aromatic carbocycles. The van der Waals surface area contributed by atoms with Crippen LogP contribution in [0.4, 0.5) is 0 Å². The van der Waals surface area contributed by atoms with Gasteiger partial charge in [-0.05, 0) is 81.4 Å². The number of carbonyl (C=O) groups excluding carboxylic acids is 3. The van der Waals surface area contributed by atoms with E-state index in [0.717, 1.165) is 12.0 Å². The molecule has 1 aromatic rings. The second kappa shape index (κ2) is 22.7. The van der Waals surface area contributed by atoms with Gasteiger partial charge in [0.15, 0.2) is 11.5 Å². The van der Waals surface area contributed by atoms with Gasteiger partial charge in [0.05, 0.1) is 43.3 Å². The zero-order chi connectivity index (χ0) is 37.1. The van der Waals surface area contributed by atoms with Crippen LogP contribution in [0.25, 0.3) is 0 Å². The van der Waals surface area contributed by atoms with Crippen LogP contribution in [0.2, 0.25) is 0 Å². The van der Waals surface area contributed by atoms with Crippen LogP contribution < -0.4 is 25.8 Å². The number of carbonyl (C=O) groups is 3. The standard InChI is InChI=1S/C35H62N4O10/c1-23(2)26(18-25-13-14-30(47-8)31(19-25)48-16-11-15-46-7)20-28(38-32(41)12-9-10-17-49-39(44)45)29(40)21-27(24(3)4)33(42)37-22-35(5,6)34(36)43/h13-14,19,23-24,26-29,40,44-45H,9-12,15-18,20-22H2,1-8H3,(H2,36,43)(H,37,42)(H,38,41). The molecular weight excluding hydrogens is 636 g/mol. The van der Waals surface area contributed by atoms with Crippen molar-refractivity contribution in [1.82, 2.24) is 16.0 Å². The van der Waals surface area contributed by atoms with Gasteiger partial charge in [-0.3, -0.25) is 29.6 Å². The van der Waals surface area contributed by atoms with E-state index in [-0.39, 0.29) is 61.0 Å². The topological polar surface area (TPSA) is 202 Å². The quantitative estimate of drug-likeness (QED) is 0.0609. The first-order chi connectivity index (χ1) is 23.0. The van der Waals surface area contributed by atoms with Gasteiger partial charge in [0.2, 0.25) is 17.7 Å². The Labute approximate surface area is 291 Å². The van der Waals surface area contributed by atoms with Crippen LogP contribution in [-0.4, -0.2) is 91.4 Å². The molecule has 0 aliphatic carbocycles. The molecule has 1 rings (SSSR count). The summed E-state index contributed by atoms with van der Waals surface area (Å²) in [6.07, 6.45) is 1.80. The molecule has 0 fully saturated rings. The number of methoxy groups -OCH3 is 2. The Morgan fingerprint density at radius 2 is 1.63 bits per heavy atom. The van der Waals surface area contributed by atoms with Crippen molar-refractivity contribution in [3.63, 3.8) is 0 Å². The number of primary amides is 1. The lowest BCUT2D eigenvalue weighted by atomic mass is 9.80. The van der Waals surface area contributed by atoms with Gasteiger partial charge in [-0.15, -0.1) is 0 Å². The van der Waals surface area contributed by atoms with Gasteiger partial charge < -0.3 is 35.7 Å². The summed E-state index contributed by atoms with van der Waals surface area (Å²) in [7, 11) is 3.23. The lowest BCUT2D eigenvalue weighted by Gasteiger charge is -2.33. The van der Waals surface area contributed by atoms with Gasteiger partial charge in [-0.25, -0.2) is 0 Å². The number of nitrogens with one attached hydrogen (secondary N) is 2.